The molecule has 0 aromatic heterocycles. The lowest BCUT2D eigenvalue weighted by molar-refractivity contribution is -0.142. The number of ether oxygens (including phenoxy) is 2. The molecule has 0 bridgehead atoms. The van der Waals surface area contributed by atoms with Gasteiger partial charge in [0.05, 0.1) is 14.2 Å². The van der Waals surface area contributed by atoms with Gasteiger partial charge in [0.1, 0.15) is 11.8 Å². The molecule has 0 unspecified atom stereocenters. The average molecular weight is 246 g/mol. The zero-order chi connectivity index (χ0) is 11.3. The van der Waals surface area contributed by atoms with E-state index in [9.17, 15) is 4.79 Å². The normalized spacial score (nSPS) is 11.2. The molecule has 1 aromatic carbocycles. The number of carbonyl (C=O) groups excluding carboxylic acids is 1. The maximum Gasteiger partial charge on any atom is 0.322 e. The van der Waals surface area contributed by atoms with Gasteiger partial charge < -0.3 is 15.2 Å². The van der Waals surface area contributed by atoms with Crippen LogP contribution in [0.4, 0.5) is 0 Å². The van der Waals surface area contributed by atoms with Crippen molar-refractivity contribution in [2.45, 2.75) is 12.5 Å². The molecule has 0 aliphatic carbocycles. The Kier molecular flexibility index (Phi) is 6.53. The third-order valence-electron chi connectivity index (χ3n) is 2.12. The highest BCUT2D eigenvalue weighted by atomic mass is 35.5. The van der Waals surface area contributed by atoms with Crippen molar-refractivity contribution in [1.29, 1.82) is 0 Å². The Bertz CT molecular complexity index is 327. The zero-order valence-corrected chi connectivity index (χ0v) is 10.1. The third-order valence-corrected chi connectivity index (χ3v) is 2.12. The van der Waals surface area contributed by atoms with Gasteiger partial charge in [-0.1, -0.05) is 12.1 Å². The predicted octanol–water partition coefficient (Wildman–Crippen LogP) is 1.16. The summed E-state index contributed by atoms with van der Waals surface area (Å²) in [6, 6.07) is 6.81. The molecular formula is C11H16ClNO3. The lowest BCUT2D eigenvalue weighted by Gasteiger charge is -2.09. The highest BCUT2D eigenvalue weighted by Gasteiger charge is 2.13. The Morgan fingerprint density at radius 1 is 1.31 bits per heavy atom. The molecular weight excluding hydrogens is 230 g/mol. The minimum absolute atomic E-state index is 0. The Morgan fingerprint density at radius 2 is 1.88 bits per heavy atom. The Morgan fingerprint density at radius 3 is 2.31 bits per heavy atom. The van der Waals surface area contributed by atoms with Crippen molar-refractivity contribution in [2.24, 2.45) is 5.73 Å². The average Bonchev–Trinajstić information content (AvgIpc) is 2.29. The van der Waals surface area contributed by atoms with E-state index in [1.54, 1.807) is 7.11 Å². The van der Waals surface area contributed by atoms with Crippen LogP contribution in [0.1, 0.15) is 5.56 Å². The number of methoxy groups -OCH3 is 2. The maximum absolute atomic E-state index is 11.1. The van der Waals surface area contributed by atoms with E-state index in [0.29, 0.717) is 6.42 Å². The highest BCUT2D eigenvalue weighted by Crippen LogP contribution is 2.12. The van der Waals surface area contributed by atoms with Gasteiger partial charge in [-0.15, -0.1) is 12.4 Å². The first-order chi connectivity index (χ1) is 7.17. The molecule has 1 atom stereocenters. The number of benzene rings is 1. The van der Waals surface area contributed by atoms with Crippen LogP contribution in [-0.4, -0.2) is 26.2 Å². The van der Waals surface area contributed by atoms with E-state index in [1.807, 2.05) is 24.3 Å². The first-order valence-electron chi connectivity index (χ1n) is 4.63. The molecule has 5 heteroatoms. The second kappa shape index (κ2) is 7.09. The molecule has 0 saturated carbocycles. The van der Waals surface area contributed by atoms with E-state index in [0.717, 1.165) is 11.3 Å². The number of carbonyl (C=O) groups is 1. The number of hydrogen-bond acceptors (Lipinski definition) is 4. The van der Waals surface area contributed by atoms with Crippen molar-refractivity contribution in [2.75, 3.05) is 14.2 Å². The number of rotatable bonds is 4. The van der Waals surface area contributed by atoms with E-state index in [1.165, 1.54) is 7.11 Å². The first kappa shape index (κ1) is 14.7. The molecule has 0 aliphatic rings. The van der Waals surface area contributed by atoms with Gasteiger partial charge in [-0.2, -0.15) is 0 Å². The third kappa shape index (κ3) is 4.08. The SMILES string of the molecule is COC(=O)[C@@H](N)Cc1ccc(OC)cc1.Cl. The molecule has 0 aliphatic heterocycles. The summed E-state index contributed by atoms with van der Waals surface area (Å²) in [6.07, 6.45) is 0.469. The monoisotopic (exact) mass is 245 g/mol. The van der Waals surface area contributed by atoms with Crippen LogP contribution >= 0.6 is 12.4 Å². The Hall–Kier alpha value is -1.26. The minimum atomic E-state index is -0.608. The molecule has 1 rings (SSSR count). The Balaban J connectivity index is 0.00000225. The molecule has 0 radical (unpaired) electrons. The van der Waals surface area contributed by atoms with E-state index in [-0.39, 0.29) is 12.4 Å². The molecule has 0 amide bonds. The van der Waals surface area contributed by atoms with Gasteiger partial charge in [-0.3, -0.25) is 4.79 Å². The van der Waals surface area contributed by atoms with Crippen LogP contribution in [0.3, 0.4) is 0 Å². The minimum Gasteiger partial charge on any atom is -0.497 e. The maximum atomic E-state index is 11.1. The first-order valence-corrected chi connectivity index (χ1v) is 4.63. The summed E-state index contributed by atoms with van der Waals surface area (Å²) < 4.78 is 9.56. The fourth-order valence-electron chi connectivity index (χ4n) is 1.25. The number of halogens is 1. The van der Waals surface area contributed by atoms with Gasteiger partial charge >= 0.3 is 5.97 Å². The molecule has 0 saturated heterocycles. The quantitative estimate of drug-likeness (QED) is 0.809. The van der Waals surface area contributed by atoms with E-state index in [2.05, 4.69) is 4.74 Å². The molecule has 4 nitrogen and oxygen atoms in total. The number of nitrogens with two attached hydrogens (primary N) is 1. The van der Waals surface area contributed by atoms with Crippen LogP contribution < -0.4 is 10.5 Å². The summed E-state index contributed by atoms with van der Waals surface area (Å²) >= 11 is 0. The standard InChI is InChI=1S/C11H15NO3.ClH/c1-14-9-5-3-8(4-6-9)7-10(12)11(13)15-2;/h3-6,10H,7,12H2,1-2H3;1H/t10-;/m0./s1. The van der Waals surface area contributed by atoms with Gasteiger partial charge in [-0.05, 0) is 24.1 Å². The van der Waals surface area contributed by atoms with Gasteiger partial charge in [-0.25, -0.2) is 0 Å². The fourth-order valence-corrected chi connectivity index (χ4v) is 1.25. The molecule has 2 N–H and O–H groups in total. The topological polar surface area (TPSA) is 61.5 Å². The van der Waals surface area contributed by atoms with Crippen molar-refractivity contribution in [3.63, 3.8) is 0 Å². The molecule has 0 spiro atoms. The fraction of sp³-hybridized carbons (Fsp3) is 0.364. The van der Waals surface area contributed by atoms with Crippen molar-refractivity contribution in [3.8, 4) is 5.75 Å². The summed E-state index contributed by atoms with van der Waals surface area (Å²) in [6.45, 7) is 0. The summed E-state index contributed by atoms with van der Waals surface area (Å²) in [7, 11) is 2.94. The van der Waals surface area contributed by atoms with Gasteiger partial charge in [0, 0.05) is 0 Å². The largest absolute Gasteiger partial charge is 0.497 e. The summed E-state index contributed by atoms with van der Waals surface area (Å²) in [5, 5.41) is 0. The van der Waals surface area contributed by atoms with Crippen molar-refractivity contribution >= 4 is 18.4 Å². The lowest BCUT2D eigenvalue weighted by atomic mass is 10.1. The molecule has 90 valence electrons. The number of hydrogen-bond donors (Lipinski definition) is 1. The highest BCUT2D eigenvalue weighted by molar-refractivity contribution is 5.85. The zero-order valence-electron chi connectivity index (χ0n) is 9.30. The second-order valence-electron chi connectivity index (χ2n) is 3.18. The summed E-state index contributed by atoms with van der Waals surface area (Å²) in [5.74, 6) is 0.385. The van der Waals surface area contributed by atoms with Crippen molar-refractivity contribution in [1.82, 2.24) is 0 Å². The lowest BCUT2D eigenvalue weighted by Crippen LogP contribution is -2.33. The molecule has 0 heterocycles. The molecule has 16 heavy (non-hydrogen) atoms. The van der Waals surface area contributed by atoms with E-state index in [4.69, 9.17) is 10.5 Å². The van der Waals surface area contributed by atoms with Gasteiger partial charge in [0.25, 0.3) is 0 Å². The molecule has 0 fully saturated rings. The number of esters is 1. The van der Waals surface area contributed by atoms with Crippen LogP contribution in [0, 0.1) is 0 Å². The summed E-state index contributed by atoms with van der Waals surface area (Å²) in [4.78, 5) is 11.1. The van der Waals surface area contributed by atoms with E-state index < -0.39 is 12.0 Å². The van der Waals surface area contributed by atoms with Gasteiger partial charge in [0.2, 0.25) is 0 Å². The Labute approximate surface area is 101 Å². The van der Waals surface area contributed by atoms with E-state index >= 15 is 0 Å². The van der Waals surface area contributed by atoms with Crippen LogP contribution in [0.25, 0.3) is 0 Å². The predicted molar refractivity (Wildman–Crippen MR) is 63.9 cm³/mol. The second-order valence-corrected chi connectivity index (χ2v) is 3.18. The smallest absolute Gasteiger partial charge is 0.322 e. The van der Waals surface area contributed by atoms with Crippen molar-refractivity contribution < 1.29 is 14.3 Å². The van der Waals surface area contributed by atoms with Gasteiger partial charge in [0.15, 0.2) is 0 Å². The summed E-state index contributed by atoms with van der Waals surface area (Å²) in [5.41, 5.74) is 6.60. The molecule has 1 aromatic rings. The van der Waals surface area contributed by atoms with Crippen LogP contribution in [0.5, 0.6) is 5.75 Å². The van der Waals surface area contributed by atoms with Crippen LogP contribution in [0.15, 0.2) is 24.3 Å². The van der Waals surface area contributed by atoms with Crippen LogP contribution in [0.2, 0.25) is 0 Å². The van der Waals surface area contributed by atoms with Crippen molar-refractivity contribution in [3.05, 3.63) is 29.8 Å². The van der Waals surface area contributed by atoms with Crippen LogP contribution in [-0.2, 0) is 16.0 Å².